The van der Waals surface area contributed by atoms with Crippen LogP contribution in [0.4, 0.5) is 5.69 Å². The summed E-state index contributed by atoms with van der Waals surface area (Å²) in [5.41, 5.74) is 1.31. The molecule has 1 aromatic carbocycles. The van der Waals surface area contributed by atoms with E-state index in [9.17, 15) is 4.79 Å². The summed E-state index contributed by atoms with van der Waals surface area (Å²) in [5.74, 6) is -0.187. The van der Waals surface area contributed by atoms with Crippen LogP contribution in [0, 0.1) is 11.3 Å². The lowest BCUT2D eigenvalue weighted by atomic mass is 10.0. The molecule has 0 aromatic heterocycles. The van der Waals surface area contributed by atoms with E-state index in [0.29, 0.717) is 17.2 Å². The van der Waals surface area contributed by atoms with E-state index in [4.69, 9.17) is 21.6 Å². The molecule has 1 saturated heterocycles. The van der Waals surface area contributed by atoms with Crippen molar-refractivity contribution in [2.75, 3.05) is 18.1 Å². The second-order valence-corrected chi connectivity index (χ2v) is 5.14. The maximum atomic E-state index is 12.0. The summed E-state index contributed by atoms with van der Waals surface area (Å²) in [6, 6.07) is 7.05. The van der Waals surface area contributed by atoms with Crippen LogP contribution in [0.2, 0.25) is 5.02 Å². The van der Waals surface area contributed by atoms with Gasteiger partial charge in [-0.05, 0) is 44.4 Å². The highest BCUT2D eigenvalue weighted by Crippen LogP contribution is 2.29. The average Bonchev–Trinajstić information content (AvgIpc) is 2.47. The Morgan fingerprint density at radius 3 is 3.00 bits per heavy atom. The van der Waals surface area contributed by atoms with E-state index in [1.165, 1.54) is 0 Å². The zero-order chi connectivity index (χ0) is 14.5. The predicted octanol–water partition coefficient (Wildman–Crippen LogP) is 3.13. The van der Waals surface area contributed by atoms with Crippen LogP contribution in [0.3, 0.4) is 0 Å². The first-order valence-electron chi connectivity index (χ1n) is 6.80. The van der Waals surface area contributed by atoms with Gasteiger partial charge in [-0.25, -0.2) is 4.79 Å². The van der Waals surface area contributed by atoms with Gasteiger partial charge in [-0.1, -0.05) is 11.6 Å². The number of hydrogen-bond acceptors (Lipinski definition) is 4. The summed E-state index contributed by atoms with van der Waals surface area (Å²) in [6.07, 6.45) is 2.84. The van der Waals surface area contributed by atoms with Crippen molar-refractivity contribution in [1.29, 1.82) is 5.26 Å². The number of hydrogen-bond donors (Lipinski definition) is 0. The van der Waals surface area contributed by atoms with Crippen LogP contribution >= 0.6 is 11.6 Å². The molecule has 1 aromatic rings. The van der Waals surface area contributed by atoms with Crippen molar-refractivity contribution in [2.24, 2.45) is 0 Å². The second kappa shape index (κ2) is 6.62. The number of carbonyl (C=O) groups is 1. The van der Waals surface area contributed by atoms with Crippen LogP contribution in [0.25, 0.3) is 0 Å². The van der Waals surface area contributed by atoms with Crippen LogP contribution in [-0.2, 0) is 9.53 Å². The molecule has 0 spiro atoms. The molecule has 1 fully saturated rings. The summed E-state index contributed by atoms with van der Waals surface area (Å²) in [6.45, 7) is 2.99. The number of esters is 1. The molecule has 0 aliphatic carbocycles. The minimum atomic E-state index is -0.257. The summed E-state index contributed by atoms with van der Waals surface area (Å²) in [4.78, 5) is 14.1. The fraction of sp³-hybridized carbons (Fsp3) is 0.467. The molecule has 106 valence electrons. The van der Waals surface area contributed by atoms with E-state index < -0.39 is 0 Å². The highest BCUT2D eigenvalue weighted by Gasteiger charge is 2.30. The van der Waals surface area contributed by atoms with Crippen LogP contribution < -0.4 is 4.90 Å². The molecule has 1 unspecified atom stereocenters. The lowest BCUT2D eigenvalue weighted by Crippen LogP contribution is -2.45. The molecule has 1 aliphatic heterocycles. The Balaban J connectivity index is 2.26. The summed E-state index contributed by atoms with van der Waals surface area (Å²) < 4.78 is 5.14. The normalized spacial score (nSPS) is 18.4. The second-order valence-electron chi connectivity index (χ2n) is 4.73. The van der Waals surface area contributed by atoms with Gasteiger partial charge in [0, 0.05) is 12.2 Å². The van der Waals surface area contributed by atoms with E-state index in [0.717, 1.165) is 31.5 Å². The third-order valence-corrected chi connectivity index (χ3v) is 3.78. The topological polar surface area (TPSA) is 53.3 Å². The average molecular weight is 293 g/mol. The molecule has 0 bridgehead atoms. The van der Waals surface area contributed by atoms with Crippen molar-refractivity contribution in [3.05, 3.63) is 28.8 Å². The Hall–Kier alpha value is -1.73. The van der Waals surface area contributed by atoms with Crippen molar-refractivity contribution in [3.8, 4) is 6.07 Å². The van der Waals surface area contributed by atoms with Crippen molar-refractivity contribution in [2.45, 2.75) is 32.2 Å². The van der Waals surface area contributed by atoms with Gasteiger partial charge in [-0.2, -0.15) is 5.26 Å². The van der Waals surface area contributed by atoms with Crippen LogP contribution in [0.5, 0.6) is 0 Å². The highest BCUT2D eigenvalue weighted by molar-refractivity contribution is 6.32. The Morgan fingerprint density at radius 2 is 2.35 bits per heavy atom. The van der Waals surface area contributed by atoms with Crippen molar-refractivity contribution >= 4 is 23.3 Å². The maximum absolute atomic E-state index is 12.0. The van der Waals surface area contributed by atoms with Gasteiger partial charge in [0.2, 0.25) is 0 Å². The van der Waals surface area contributed by atoms with Gasteiger partial charge in [-0.15, -0.1) is 0 Å². The van der Waals surface area contributed by atoms with Gasteiger partial charge >= 0.3 is 5.97 Å². The monoisotopic (exact) mass is 292 g/mol. The molecule has 4 nitrogen and oxygen atoms in total. The highest BCUT2D eigenvalue weighted by atomic mass is 35.5. The SMILES string of the molecule is CCOC(=O)C1CCCCN1c1ccc(C#N)c(Cl)c1. The Kier molecular flexibility index (Phi) is 4.86. The summed E-state index contributed by atoms with van der Waals surface area (Å²) >= 11 is 6.07. The number of carbonyl (C=O) groups excluding carboxylic acids is 1. The van der Waals surface area contributed by atoms with Gasteiger partial charge in [0.1, 0.15) is 12.1 Å². The molecule has 0 radical (unpaired) electrons. The fourth-order valence-corrected chi connectivity index (χ4v) is 2.71. The van der Waals surface area contributed by atoms with E-state index in [-0.39, 0.29) is 12.0 Å². The van der Waals surface area contributed by atoms with Crippen LogP contribution in [0.15, 0.2) is 18.2 Å². The fourth-order valence-electron chi connectivity index (χ4n) is 2.50. The smallest absolute Gasteiger partial charge is 0.328 e. The number of benzene rings is 1. The molecule has 1 heterocycles. The number of rotatable bonds is 3. The molecule has 5 heteroatoms. The Bertz CT molecular complexity index is 539. The molecule has 1 atom stereocenters. The van der Waals surface area contributed by atoms with E-state index in [1.54, 1.807) is 12.1 Å². The van der Waals surface area contributed by atoms with Gasteiger partial charge in [0.15, 0.2) is 0 Å². The van der Waals surface area contributed by atoms with Crippen molar-refractivity contribution in [1.82, 2.24) is 0 Å². The molecule has 0 N–H and O–H groups in total. The maximum Gasteiger partial charge on any atom is 0.328 e. The van der Waals surface area contributed by atoms with Crippen LogP contribution in [0.1, 0.15) is 31.7 Å². The lowest BCUT2D eigenvalue weighted by molar-refractivity contribution is -0.145. The first kappa shape index (κ1) is 14.7. The summed E-state index contributed by atoms with van der Waals surface area (Å²) in [5, 5.41) is 9.32. The number of halogens is 1. The molecular formula is C15H17ClN2O2. The zero-order valence-electron chi connectivity index (χ0n) is 11.4. The first-order valence-corrected chi connectivity index (χ1v) is 7.18. The lowest BCUT2D eigenvalue weighted by Gasteiger charge is -2.36. The Labute approximate surface area is 123 Å². The van der Waals surface area contributed by atoms with Gasteiger partial charge in [-0.3, -0.25) is 0 Å². The van der Waals surface area contributed by atoms with Gasteiger partial charge < -0.3 is 9.64 Å². The quantitative estimate of drug-likeness (QED) is 0.803. The Morgan fingerprint density at radius 1 is 1.55 bits per heavy atom. The van der Waals surface area contributed by atoms with Crippen molar-refractivity contribution in [3.63, 3.8) is 0 Å². The van der Waals surface area contributed by atoms with Crippen LogP contribution in [-0.4, -0.2) is 25.2 Å². The molecule has 0 saturated carbocycles. The van der Waals surface area contributed by atoms with E-state index in [1.807, 2.05) is 24.0 Å². The number of nitriles is 1. The molecule has 2 rings (SSSR count). The van der Waals surface area contributed by atoms with E-state index in [2.05, 4.69) is 0 Å². The molecule has 20 heavy (non-hydrogen) atoms. The van der Waals surface area contributed by atoms with Gasteiger partial charge in [0.05, 0.1) is 17.2 Å². The number of anilines is 1. The zero-order valence-corrected chi connectivity index (χ0v) is 12.2. The largest absolute Gasteiger partial charge is 0.464 e. The predicted molar refractivity (Wildman–Crippen MR) is 77.8 cm³/mol. The van der Waals surface area contributed by atoms with Crippen molar-refractivity contribution < 1.29 is 9.53 Å². The number of nitrogens with zero attached hydrogens (tertiary/aromatic N) is 2. The van der Waals surface area contributed by atoms with E-state index >= 15 is 0 Å². The number of piperidine rings is 1. The third kappa shape index (κ3) is 3.05. The summed E-state index contributed by atoms with van der Waals surface area (Å²) in [7, 11) is 0. The molecule has 1 aliphatic rings. The minimum Gasteiger partial charge on any atom is -0.464 e. The molecular weight excluding hydrogens is 276 g/mol. The number of ether oxygens (including phenoxy) is 1. The third-order valence-electron chi connectivity index (χ3n) is 3.47. The standard InChI is InChI=1S/C15H17ClN2O2/c1-2-20-15(19)14-5-3-4-8-18(14)12-7-6-11(10-17)13(16)9-12/h6-7,9,14H,2-5,8H2,1H3. The molecule has 0 amide bonds. The minimum absolute atomic E-state index is 0.187. The van der Waals surface area contributed by atoms with Gasteiger partial charge in [0.25, 0.3) is 0 Å². The first-order chi connectivity index (χ1) is 9.67.